The summed E-state index contributed by atoms with van der Waals surface area (Å²) in [4.78, 5) is 24.5. The van der Waals surface area contributed by atoms with Crippen molar-refractivity contribution in [3.8, 4) is 11.5 Å². The SMILES string of the molecule is CC(=O)Oc1ccc2c(c1)CCC1C2C(c2ccc(OCCN)cc2)CC2(C)C(=O)CCC12. The number of aryl methyl sites for hydroxylation is 1. The third kappa shape index (κ3) is 3.86. The average molecular weight is 448 g/mol. The quantitative estimate of drug-likeness (QED) is 0.528. The van der Waals surface area contributed by atoms with Crippen molar-refractivity contribution in [3.63, 3.8) is 0 Å². The molecule has 0 aliphatic heterocycles. The minimum absolute atomic E-state index is 0.240. The summed E-state index contributed by atoms with van der Waals surface area (Å²) < 4.78 is 11.1. The molecule has 0 saturated heterocycles. The van der Waals surface area contributed by atoms with E-state index in [0.29, 0.717) is 48.9 Å². The minimum atomic E-state index is -0.295. The van der Waals surface area contributed by atoms with Crippen molar-refractivity contribution in [3.05, 3.63) is 59.2 Å². The average Bonchev–Trinajstić information content (AvgIpc) is 3.11. The maximum absolute atomic E-state index is 13.1. The van der Waals surface area contributed by atoms with Gasteiger partial charge in [-0.3, -0.25) is 9.59 Å². The van der Waals surface area contributed by atoms with Crippen molar-refractivity contribution in [2.75, 3.05) is 13.2 Å². The Hall–Kier alpha value is -2.66. The summed E-state index contributed by atoms with van der Waals surface area (Å²) in [7, 11) is 0. The molecule has 5 atom stereocenters. The Labute approximate surface area is 195 Å². The highest BCUT2D eigenvalue weighted by atomic mass is 16.5. The van der Waals surface area contributed by atoms with E-state index in [2.05, 4.69) is 25.1 Å². The molecule has 5 heteroatoms. The number of hydrogen-bond donors (Lipinski definition) is 1. The Morgan fingerprint density at radius 1 is 1.09 bits per heavy atom. The monoisotopic (exact) mass is 447 g/mol. The molecule has 2 aromatic carbocycles. The Morgan fingerprint density at radius 3 is 2.58 bits per heavy atom. The van der Waals surface area contributed by atoms with Gasteiger partial charge < -0.3 is 15.2 Å². The van der Waals surface area contributed by atoms with Crippen molar-refractivity contribution in [2.24, 2.45) is 23.0 Å². The zero-order valence-electron chi connectivity index (χ0n) is 19.5. The van der Waals surface area contributed by atoms with Gasteiger partial charge in [0.1, 0.15) is 23.9 Å². The fraction of sp³-hybridized carbons (Fsp3) is 0.500. The Kier molecular flexibility index (Phi) is 5.77. The summed E-state index contributed by atoms with van der Waals surface area (Å²) in [6.45, 7) is 4.64. The molecule has 3 aliphatic rings. The number of Topliss-reactive ketones (excluding diaryl/α,β-unsaturated/α-hetero) is 1. The molecule has 0 heterocycles. The number of carbonyl (C=O) groups is 2. The van der Waals surface area contributed by atoms with E-state index in [1.165, 1.54) is 23.6 Å². The standard InChI is InChI=1S/C28H33NO4/c1-17(30)33-21-8-10-22-19(15-21)5-9-23-25-11-12-26(31)28(25,2)16-24(27(22)23)18-3-6-20(7-4-18)32-14-13-29/h3-4,6-8,10,15,23-25,27H,5,9,11-14,16,29H2,1-2H3. The third-order valence-corrected chi connectivity index (χ3v) is 8.37. The van der Waals surface area contributed by atoms with Gasteiger partial charge in [-0.2, -0.15) is 0 Å². The van der Waals surface area contributed by atoms with E-state index in [1.54, 1.807) is 0 Å². The van der Waals surface area contributed by atoms with Gasteiger partial charge in [0, 0.05) is 25.3 Å². The number of fused-ring (bicyclic) bond motifs is 5. The zero-order valence-corrected chi connectivity index (χ0v) is 19.5. The maximum atomic E-state index is 13.1. The number of esters is 1. The first-order chi connectivity index (χ1) is 15.9. The van der Waals surface area contributed by atoms with Crippen molar-refractivity contribution >= 4 is 11.8 Å². The van der Waals surface area contributed by atoms with E-state index in [9.17, 15) is 9.59 Å². The summed E-state index contributed by atoms with van der Waals surface area (Å²) in [5.41, 5.74) is 9.23. The second kappa shape index (κ2) is 8.60. The van der Waals surface area contributed by atoms with Crippen LogP contribution in [0.25, 0.3) is 0 Å². The van der Waals surface area contributed by atoms with Gasteiger partial charge in [0.25, 0.3) is 0 Å². The highest BCUT2D eigenvalue weighted by Crippen LogP contribution is 2.64. The normalized spacial score (nSPS) is 30.2. The van der Waals surface area contributed by atoms with Crippen LogP contribution in [-0.2, 0) is 16.0 Å². The maximum Gasteiger partial charge on any atom is 0.308 e. The van der Waals surface area contributed by atoms with Gasteiger partial charge in [-0.05, 0) is 90.3 Å². The third-order valence-electron chi connectivity index (χ3n) is 8.37. The minimum Gasteiger partial charge on any atom is -0.492 e. The first-order valence-corrected chi connectivity index (χ1v) is 12.2. The van der Waals surface area contributed by atoms with Crippen LogP contribution in [-0.4, -0.2) is 24.9 Å². The fourth-order valence-electron chi connectivity index (χ4n) is 7.00. The van der Waals surface area contributed by atoms with Crippen LogP contribution in [0.1, 0.15) is 68.1 Å². The number of benzene rings is 2. The largest absolute Gasteiger partial charge is 0.492 e. The van der Waals surface area contributed by atoms with Crippen LogP contribution >= 0.6 is 0 Å². The molecule has 2 saturated carbocycles. The van der Waals surface area contributed by atoms with Crippen LogP contribution in [0, 0.1) is 17.3 Å². The van der Waals surface area contributed by atoms with Crippen LogP contribution in [0.15, 0.2) is 42.5 Å². The second-order valence-corrected chi connectivity index (χ2v) is 10.2. The lowest BCUT2D eigenvalue weighted by molar-refractivity contribution is -0.132. The van der Waals surface area contributed by atoms with Crippen LogP contribution in [0.4, 0.5) is 0 Å². The topological polar surface area (TPSA) is 78.6 Å². The number of ketones is 1. The lowest BCUT2D eigenvalue weighted by Crippen LogP contribution is -2.46. The smallest absolute Gasteiger partial charge is 0.308 e. The number of carbonyl (C=O) groups excluding carboxylic acids is 2. The number of hydrogen-bond acceptors (Lipinski definition) is 5. The van der Waals surface area contributed by atoms with Crippen LogP contribution in [0.5, 0.6) is 11.5 Å². The van der Waals surface area contributed by atoms with Crippen molar-refractivity contribution in [1.29, 1.82) is 0 Å². The summed E-state index contributed by atoms with van der Waals surface area (Å²) in [6, 6.07) is 14.5. The van der Waals surface area contributed by atoms with Gasteiger partial charge in [-0.15, -0.1) is 0 Å². The van der Waals surface area contributed by atoms with Gasteiger partial charge >= 0.3 is 5.97 Å². The predicted octanol–water partition coefficient (Wildman–Crippen LogP) is 4.77. The molecule has 3 aliphatic carbocycles. The highest BCUT2D eigenvalue weighted by molar-refractivity contribution is 5.87. The summed E-state index contributed by atoms with van der Waals surface area (Å²) in [5.74, 6) is 3.15. The van der Waals surface area contributed by atoms with Crippen molar-refractivity contribution < 1.29 is 19.1 Å². The van der Waals surface area contributed by atoms with Gasteiger partial charge in [0.2, 0.25) is 0 Å². The highest BCUT2D eigenvalue weighted by Gasteiger charge is 2.57. The number of nitrogens with two attached hydrogens (primary N) is 1. The van der Waals surface area contributed by atoms with Gasteiger partial charge in [0.15, 0.2) is 0 Å². The van der Waals surface area contributed by atoms with Crippen molar-refractivity contribution in [2.45, 2.75) is 57.8 Å². The van der Waals surface area contributed by atoms with E-state index in [4.69, 9.17) is 15.2 Å². The second-order valence-electron chi connectivity index (χ2n) is 10.2. The van der Waals surface area contributed by atoms with Crippen LogP contribution in [0.3, 0.4) is 0 Å². The van der Waals surface area contributed by atoms with E-state index in [-0.39, 0.29) is 17.3 Å². The van der Waals surface area contributed by atoms with E-state index in [0.717, 1.165) is 31.4 Å². The molecule has 5 nitrogen and oxygen atoms in total. The first-order valence-electron chi connectivity index (χ1n) is 12.2. The summed E-state index contributed by atoms with van der Waals surface area (Å²) in [6.07, 6.45) is 4.64. The fourth-order valence-corrected chi connectivity index (χ4v) is 7.00. The predicted molar refractivity (Wildman–Crippen MR) is 126 cm³/mol. The number of rotatable bonds is 5. The Balaban J connectivity index is 1.54. The Morgan fingerprint density at radius 2 is 1.85 bits per heavy atom. The van der Waals surface area contributed by atoms with Gasteiger partial charge in [0.05, 0.1) is 0 Å². The molecule has 0 radical (unpaired) electrons. The first kappa shape index (κ1) is 22.1. The molecule has 2 N–H and O–H groups in total. The zero-order chi connectivity index (χ0) is 23.2. The van der Waals surface area contributed by atoms with Crippen LogP contribution in [0.2, 0.25) is 0 Å². The van der Waals surface area contributed by atoms with Gasteiger partial charge in [-0.1, -0.05) is 25.1 Å². The molecular formula is C28H33NO4. The van der Waals surface area contributed by atoms with Crippen molar-refractivity contribution in [1.82, 2.24) is 0 Å². The molecule has 2 fully saturated rings. The summed E-state index contributed by atoms with van der Waals surface area (Å²) in [5, 5.41) is 0. The lowest BCUT2D eigenvalue weighted by atomic mass is 9.51. The molecule has 0 spiro atoms. The Bertz CT molecular complexity index is 1060. The lowest BCUT2D eigenvalue weighted by Gasteiger charge is -2.52. The molecule has 33 heavy (non-hydrogen) atoms. The molecule has 2 aromatic rings. The summed E-state index contributed by atoms with van der Waals surface area (Å²) >= 11 is 0. The van der Waals surface area contributed by atoms with E-state index in [1.807, 2.05) is 24.3 Å². The van der Waals surface area contributed by atoms with E-state index < -0.39 is 0 Å². The molecule has 5 rings (SSSR count). The molecule has 0 bridgehead atoms. The molecule has 5 unspecified atom stereocenters. The number of ether oxygens (including phenoxy) is 2. The molecule has 0 amide bonds. The van der Waals surface area contributed by atoms with E-state index >= 15 is 0 Å². The molecular weight excluding hydrogens is 414 g/mol. The molecule has 174 valence electrons. The van der Waals surface area contributed by atoms with Gasteiger partial charge in [-0.25, -0.2) is 0 Å². The molecule has 0 aromatic heterocycles. The van der Waals surface area contributed by atoms with Crippen LogP contribution < -0.4 is 15.2 Å².